The summed E-state index contributed by atoms with van der Waals surface area (Å²) in [5.74, 6) is -0.00855. The number of methoxy groups -OCH3 is 1. The largest absolute Gasteiger partial charge is 0.464 e. The Kier molecular flexibility index (Phi) is 5.30. The van der Waals surface area contributed by atoms with E-state index in [1.165, 1.54) is 18.4 Å². The van der Waals surface area contributed by atoms with Crippen LogP contribution >= 0.6 is 11.6 Å². The number of halogens is 1. The predicted octanol–water partition coefficient (Wildman–Crippen LogP) is 1.86. The summed E-state index contributed by atoms with van der Waals surface area (Å²) in [5, 5.41) is 4.12. The van der Waals surface area contributed by atoms with Crippen LogP contribution in [-0.4, -0.2) is 43.6 Å². The Hall–Kier alpha value is -2.05. The first kappa shape index (κ1) is 17.8. The van der Waals surface area contributed by atoms with Gasteiger partial charge in [0.1, 0.15) is 5.69 Å². The van der Waals surface area contributed by atoms with Gasteiger partial charge in [-0.25, -0.2) is 4.79 Å². The highest BCUT2D eigenvalue weighted by molar-refractivity contribution is 6.31. The molecule has 25 heavy (non-hydrogen) atoms. The molecule has 3 N–H and O–H groups in total. The highest BCUT2D eigenvalue weighted by Crippen LogP contribution is 2.30. The number of carbonyl (C=O) groups excluding carboxylic acids is 2. The van der Waals surface area contributed by atoms with E-state index in [9.17, 15) is 9.59 Å². The van der Waals surface area contributed by atoms with Gasteiger partial charge in [-0.3, -0.25) is 4.79 Å². The molecule has 0 saturated carbocycles. The van der Waals surface area contributed by atoms with Gasteiger partial charge in [-0.2, -0.15) is 0 Å². The number of ether oxygens (including phenoxy) is 1. The van der Waals surface area contributed by atoms with Crippen LogP contribution in [0.4, 0.5) is 5.69 Å². The van der Waals surface area contributed by atoms with E-state index in [-0.39, 0.29) is 11.6 Å². The molecule has 6 nitrogen and oxygen atoms in total. The van der Waals surface area contributed by atoms with Crippen molar-refractivity contribution in [3.05, 3.63) is 28.9 Å². The van der Waals surface area contributed by atoms with Crippen LogP contribution in [0.25, 0.3) is 10.9 Å². The number of aromatic amines is 1. The zero-order valence-electron chi connectivity index (χ0n) is 14.4. The van der Waals surface area contributed by atoms with Gasteiger partial charge in [0.25, 0.3) is 5.91 Å². The van der Waals surface area contributed by atoms with Gasteiger partial charge in [0, 0.05) is 21.8 Å². The van der Waals surface area contributed by atoms with Gasteiger partial charge in [-0.1, -0.05) is 18.5 Å². The van der Waals surface area contributed by atoms with Gasteiger partial charge in [-0.05, 0) is 31.0 Å². The Morgan fingerprint density at radius 2 is 2.24 bits per heavy atom. The van der Waals surface area contributed by atoms with Gasteiger partial charge in [-0.15, -0.1) is 0 Å². The zero-order valence-corrected chi connectivity index (χ0v) is 15.2. The normalized spacial score (nSPS) is 20.4. The number of amides is 1. The van der Waals surface area contributed by atoms with Crippen molar-refractivity contribution in [2.45, 2.75) is 19.8 Å². The molecule has 0 spiro atoms. The van der Waals surface area contributed by atoms with Gasteiger partial charge in [0.2, 0.25) is 0 Å². The number of carbonyl (C=O) groups is 2. The van der Waals surface area contributed by atoms with E-state index < -0.39 is 5.97 Å². The quantitative estimate of drug-likeness (QED) is 0.725. The van der Waals surface area contributed by atoms with Gasteiger partial charge < -0.3 is 19.9 Å². The molecule has 2 atom stereocenters. The second-order valence-corrected chi connectivity index (χ2v) is 7.17. The minimum absolute atomic E-state index is 0.116. The fourth-order valence-corrected chi connectivity index (χ4v) is 3.69. The number of likely N-dealkylation sites (tertiary alicyclic amines) is 1. The molecule has 2 aromatic rings. The molecule has 1 fully saturated rings. The van der Waals surface area contributed by atoms with Gasteiger partial charge in [0.15, 0.2) is 6.54 Å². The number of piperidine rings is 1. The van der Waals surface area contributed by atoms with Crippen molar-refractivity contribution in [2.24, 2.45) is 5.92 Å². The molecule has 134 valence electrons. The molecule has 2 heterocycles. The van der Waals surface area contributed by atoms with E-state index in [1.807, 2.05) is 0 Å². The number of rotatable bonds is 4. The van der Waals surface area contributed by atoms with Gasteiger partial charge >= 0.3 is 5.97 Å². The smallest absolute Gasteiger partial charge is 0.356 e. The molecule has 0 aliphatic carbocycles. The van der Waals surface area contributed by atoms with E-state index in [0.717, 1.165) is 25.0 Å². The maximum Gasteiger partial charge on any atom is 0.356 e. The summed E-state index contributed by atoms with van der Waals surface area (Å²) in [6, 6.07) is 5.23. The first-order chi connectivity index (χ1) is 12.0. The van der Waals surface area contributed by atoms with E-state index in [4.69, 9.17) is 16.3 Å². The number of nitrogens with one attached hydrogen (secondary N) is 3. The molecule has 1 unspecified atom stereocenters. The molecule has 0 radical (unpaired) electrons. The van der Waals surface area contributed by atoms with Crippen molar-refractivity contribution in [3.8, 4) is 0 Å². The third kappa shape index (κ3) is 3.96. The van der Waals surface area contributed by atoms with Crippen molar-refractivity contribution >= 4 is 40.1 Å². The predicted molar refractivity (Wildman–Crippen MR) is 97.2 cm³/mol. The standard InChI is InChI=1S/C18H22ClN3O3/c1-11-4-3-7-22(9-11)10-15(23)21-16-13-8-12(19)5-6-14(13)20-17(16)18(24)25-2/h5-6,8,11,20H,3-4,7,9-10H2,1-2H3,(H,21,23)/p+1/t11-/m1/s1. The Balaban J connectivity index is 1.84. The van der Waals surface area contributed by atoms with Crippen molar-refractivity contribution in [3.63, 3.8) is 0 Å². The molecule has 1 aliphatic heterocycles. The monoisotopic (exact) mass is 364 g/mol. The number of aromatic nitrogens is 1. The molecule has 1 aliphatic rings. The molecule has 1 aromatic carbocycles. The molecule has 1 aromatic heterocycles. The minimum Gasteiger partial charge on any atom is -0.464 e. The number of H-pyrrole nitrogens is 1. The topological polar surface area (TPSA) is 75.6 Å². The summed E-state index contributed by atoms with van der Waals surface area (Å²) in [7, 11) is 1.31. The SMILES string of the molecule is COC(=O)c1[nH]c2ccc(Cl)cc2c1NC(=O)C[NH+]1CCC[C@@H](C)C1. The van der Waals surface area contributed by atoms with Crippen molar-refractivity contribution < 1.29 is 19.2 Å². The second kappa shape index (κ2) is 7.45. The third-order valence-corrected chi connectivity index (χ3v) is 4.92. The summed E-state index contributed by atoms with van der Waals surface area (Å²) in [4.78, 5) is 28.9. The molecule has 1 amide bonds. The van der Waals surface area contributed by atoms with Crippen LogP contribution in [0.5, 0.6) is 0 Å². The Morgan fingerprint density at radius 1 is 1.44 bits per heavy atom. The number of hydrogen-bond donors (Lipinski definition) is 3. The average molecular weight is 365 g/mol. The van der Waals surface area contributed by atoms with E-state index in [0.29, 0.717) is 28.6 Å². The lowest BCUT2D eigenvalue weighted by atomic mass is 10.0. The molecular formula is C18H23ClN3O3+. The third-order valence-electron chi connectivity index (χ3n) is 4.69. The first-order valence-corrected chi connectivity index (χ1v) is 8.88. The molecule has 1 saturated heterocycles. The van der Waals surface area contributed by atoms with Crippen molar-refractivity contribution in [2.75, 3.05) is 32.1 Å². The van der Waals surface area contributed by atoms with Crippen molar-refractivity contribution in [1.29, 1.82) is 0 Å². The van der Waals surface area contributed by atoms with Crippen LogP contribution in [0.3, 0.4) is 0 Å². The fourth-order valence-electron chi connectivity index (χ4n) is 3.52. The summed E-state index contributed by atoms with van der Waals surface area (Å²) in [5.41, 5.74) is 1.38. The maximum absolute atomic E-state index is 12.5. The Morgan fingerprint density at radius 3 is 2.96 bits per heavy atom. The highest BCUT2D eigenvalue weighted by Gasteiger charge is 2.25. The van der Waals surface area contributed by atoms with Crippen molar-refractivity contribution in [1.82, 2.24) is 4.98 Å². The van der Waals surface area contributed by atoms with E-state index in [1.54, 1.807) is 18.2 Å². The number of quaternary nitrogens is 1. The van der Waals surface area contributed by atoms with E-state index in [2.05, 4.69) is 17.2 Å². The molecule has 3 rings (SSSR count). The summed E-state index contributed by atoms with van der Waals surface area (Å²) < 4.78 is 4.82. The van der Waals surface area contributed by atoms with Crippen LogP contribution in [0.2, 0.25) is 5.02 Å². The average Bonchev–Trinajstić information content (AvgIpc) is 2.92. The van der Waals surface area contributed by atoms with Gasteiger partial charge in [0.05, 0.1) is 25.9 Å². The first-order valence-electron chi connectivity index (χ1n) is 8.51. The number of anilines is 1. The molecule has 0 bridgehead atoms. The minimum atomic E-state index is -0.526. The molecular weight excluding hydrogens is 342 g/mol. The Labute approximate surface area is 151 Å². The summed E-state index contributed by atoms with van der Waals surface area (Å²) >= 11 is 6.07. The Bertz CT molecular complexity index is 802. The lowest BCUT2D eigenvalue weighted by Gasteiger charge is -2.27. The lowest BCUT2D eigenvalue weighted by molar-refractivity contribution is -0.900. The van der Waals surface area contributed by atoms with Crippen LogP contribution < -0.4 is 10.2 Å². The van der Waals surface area contributed by atoms with Crippen LogP contribution in [0, 0.1) is 5.92 Å². The van der Waals surface area contributed by atoms with E-state index >= 15 is 0 Å². The number of hydrogen-bond acceptors (Lipinski definition) is 3. The fraction of sp³-hybridized carbons (Fsp3) is 0.444. The number of benzene rings is 1. The molecule has 7 heteroatoms. The lowest BCUT2D eigenvalue weighted by Crippen LogP contribution is -3.14. The number of esters is 1. The number of fused-ring (bicyclic) bond motifs is 1. The summed E-state index contributed by atoms with van der Waals surface area (Å²) in [6.45, 7) is 4.60. The second-order valence-electron chi connectivity index (χ2n) is 6.73. The van der Waals surface area contributed by atoms with Crippen LogP contribution in [0.15, 0.2) is 18.2 Å². The zero-order chi connectivity index (χ0) is 18.0. The summed E-state index contributed by atoms with van der Waals surface area (Å²) in [6.07, 6.45) is 2.36. The van der Waals surface area contributed by atoms with Crippen LogP contribution in [-0.2, 0) is 9.53 Å². The highest BCUT2D eigenvalue weighted by atomic mass is 35.5. The maximum atomic E-state index is 12.5. The van der Waals surface area contributed by atoms with Crippen LogP contribution in [0.1, 0.15) is 30.3 Å².